The topological polar surface area (TPSA) is 87.0 Å². The van der Waals surface area contributed by atoms with Crippen LogP contribution >= 0.6 is 11.6 Å². The van der Waals surface area contributed by atoms with Crippen molar-refractivity contribution < 1.29 is 23.4 Å². The lowest BCUT2D eigenvalue weighted by Gasteiger charge is -2.09. The van der Waals surface area contributed by atoms with Crippen LogP contribution in [0, 0.1) is 0 Å². The highest BCUT2D eigenvalue weighted by molar-refractivity contribution is 6.30. The van der Waals surface area contributed by atoms with Gasteiger partial charge in [0.2, 0.25) is 0 Å². The second kappa shape index (κ2) is 11.9. The Balaban J connectivity index is 0.000000214. The van der Waals surface area contributed by atoms with Gasteiger partial charge in [0.25, 0.3) is 0 Å². The molecule has 4 aromatic rings. The number of anilines is 1. The molecular weight excluding hydrogens is 470 g/mol. The number of fused-ring (bicyclic) bond motifs is 1. The van der Waals surface area contributed by atoms with E-state index in [9.17, 15) is 9.59 Å². The van der Waals surface area contributed by atoms with Gasteiger partial charge in [-0.15, -0.1) is 0 Å². The highest BCUT2D eigenvalue weighted by Crippen LogP contribution is 2.27. The van der Waals surface area contributed by atoms with E-state index < -0.39 is 6.09 Å². The second-order valence-electron chi connectivity index (χ2n) is 7.66. The van der Waals surface area contributed by atoms with Crippen LogP contribution in [-0.4, -0.2) is 26.4 Å². The molecule has 0 aliphatic carbocycles. The Morgan fingerprint density at radius 2 is 1.63 bits per heavy atom. The molecule has 0 aliphatic heterocycles. The van der Waals surface area contributed by atoms with Crippen LogP contribution in [0.25, 0.3) is 22.3 Å². The van der Waals surface area contributed by atoms with Gasteiger partial charge in [-0.05, 0) is 56.3 Å². The molecule has 1 amide bonds. The molecule has 7 nitrogen and oxygen atoms in total. The number of halogens is 1. The Morgan fingerprint density at radius 1 is 0.914 bits per heavy atom. The van der Waals surface area contributed by atoms with Crippen molar-refractivity contribution in [3.05, 3.63) is 88.0 Å². The van der Waals surface area contributed by atoms with Crippen LogP contribution in [0.1, 0.15) is 13.8 Å². The van der Waals surface area contributed by atoms with Gasteiger partial charge in [-0.3, -0.25) is 10.1 Å². The molecule has 0 atom stereocenters. The first kappa shape index (κ1) is 25.6. The molecule has 0 unspecified atom stereocenters. The molecular formula is C27H26ClNO6. The number of amides is 1. The molecule has 182 valence electrons. The van der Waals surface area contributed by atoms with Gasteiger partial charge in [0.15, 0.2) is 5.43 Å². The number of ether oxygens (including phenoxy) is 3. The third-order valence-electron chi connectivity index (χ3n) is 4.70. The summed E-state index contributed by atoms with van der Waals surface area (Å²) < 4.78 is 21.1. The first-order valence-corrected chi connectivity index (χ1v) is 11.2. The lowest BCUT2D eigenvalue weighted by molar-refractivity contribution is 0.130. The molecule has 4 rings (SSSR count). The van der Waals surface area contributed by atoms with Crippen LogP contribution in [0.4, 0.5) is 10.5 Å². The molecule has 35 heavy (non-hydrogen) atoms. The highest BCUT2D eigenvalue weighted by Gasteiger charge is 2.09. The van der Waals surface area contributed by atoms with Gasteiger partial charge in [0.1, 0.15) is 22.8 Å². The molecule has 8 heteroatoms. The summed E-state index contributed by atoms with van der Waals surface area (Å²) in [6.07, 6.45) is -0.601. The van der Waals surface area contributed by atoms with E-state index in [1.54, 1.807) is 70.5 Å². The largest absolute Gasteiger partial charge is 0.497 e. The van der Waals surface area contributed by atoms with E-state index in [1.165, 1.54) is 6.07 Å². The number of carbonyl (C=O) groups is 1. The molecule has 0 saturated carbocycles. The minimum atomic E-state index is -0.470. The minimum absolute atomic E-state index is 0.0864. The SMILES string of the molecule is CC(C)OC(=O)Nc1cccc(Cl)c1.COc1cccc(-c2cc(=O)c3ccc(OC)cc3o2)c1. The van der Waals surface area contributed by atoms with Crippen LogP contribution < -0.4 is 20.2 Å². The predicted molar refractivity (Wildman–Crippen MR) is 138 cm³/mol. The molecule has 1 heterocycles. The van der Waals surface area contributed by atoms with Crippen LogP contribution in [0.15, 0.2) is 82.0 Å². The van der Waals surface area contributed by atoms with Crippen LogP contribution in [-0.2, 0) is 4.74 Å². The fourth-order valence-corrected chi connectivity index (χ4v) is 3.30. The Hall–Kier alpha value is -3.97. The molecule has 0 spiro atoms. The van der Waals surface area contributed by atoms with Crippen molar-refractivity contribution in [2.45, 2.75) is 20.0 Å². The maximum absolute atomic E-state index is 12.2. The van der Waals surface area contributed by atoms with E-state index >= 15 is 0 Å². The Morgan fingerprint density at radius 3 is 2.31 bits per heavy atom. The summed E-state index contributed by atoms with van der Waals surface area (Å²) in [6, 6.07) is 20.9. The van der Waals surface area contributed by atoms with Crippen molar-refractivity contribution in [1.82, 2.24) is 0 Å². The molecule has 1 N–H and O–H groups in total. The lowest BCUT2D eigenvalue weighted by atomic mass is 10.1. The first-order chi connectivity index (χ1) is 16.8. The summed E-state index contributed by atoms with van der Waals surface area (Å²) >= 11 is 5.74. The number of hydrogen-bond acceptors (Lipinski definition) is 6. The van der Waals surface area contributed by atoms with E-state index in [2.05, 4.69) is 5.32 Å². The average molecular weight is 496 g/mol. The van der Waals surface area contributed by atoms with Crippen molar-refractivity contribution in [2.24, 2.45) is 0 Å². The second-order valence-corrected chi connectivity index (χ2v) is 8.09. The van der Waals surface area contributed by atoms with E-state index in [4.69, 9.17) is 30.2 Å². The van der Waals surface area contributed by atoms with E-state index in [1.807, 2.05) is 24.3 Å². The molecule has 1 aromatic heterocycles. The van der Waals surface area contributed by atoms with E-state index in [0.717, 1.165) is 5.56 Å². The zero-order valence-corrected chi connectivity index (χ0v) is 20.6. The Bertz CT molecular complexity index is 1370. The number of methoxy groups -OCH3 is 2. The van der Waals surface area contributed by atoms with Crippen molar-refractivity contribution in [2.75, 3.05) is 19.5 Å². The monoisotopic (exact) mass is 495 g/mol. The normalized spacial score (nSPS) is 10.3. The summed E-state index contributed by atoms with van der Waals surface area (Å²) in [4.78, 5) is 23.4. The molecule has 0 fully saturated rings. The maximum atomic E-state index is 12.2. The quantitative estimate of drug-likeness (QED) is 0.328. The average Bonchev–Trinajstić information content (AvgIpc) is 2.83. The first-order valence-electron chi connectivity index (χ1n) is 10.8. The summed E-state index contributed by atoms with van der Waals surface area (Å²) in [5, 5.41) is 3.67. The van der Waals surface area contributed by atoms with Crippen molar-refractivity contribution in [3.8, 4) is 22.8 Å². The summed E-state index contributed by atoms with van der Waals surface area (Å²) in [5.74, 6) is 1.86. The zero-order valence-electron chi connectivity index (χ0n) is 19.8. The minimum Gasteiger partial charge on any atom is -0.497 e. The Labute approximate surface area is 208 Å². The highest BCUT2D eigenvalue weighted by atomic mass is 35.5. The smallest absolute Gasteiger partial charge is 0.411 e. The van der Waals surface area contributed by atoms with E-state index in [-0.39, 0.29) is 11.5 Å². The van der Waals surface area contributed by atoms with Crippen molar-refractivity contribution in [1.29, 1.82) is 0 Å². The van der Waals surface area contributed by atoms with Gasteiger partial charge in [0, 0.05) is 28.4 Å². The summed E-state index contributed by atoms with van der Waals surface area (Å²) in [6.45, 7) is 3.58. The maximum Gasteiger partial charge on any atom is 0.411 e. The molecule has 3 aromatic carbocycles. The summed E-state index contributed by atoms with van der Waals surface area (Å²) in [5.41, 5.74) is 1.83. The predicted octanol–water partition coefficient (Wildman–Crippen LogP) is 6.77. The van der Waals surface area contributed by atoms with Gasteiger partial charge >= 0.3 is 6.09 Å². The van der Waals surface area contributed by atoms with Crippen LogP contribution in [0.3, 0.4) is 0 Å². The Kier molecular flexibility index (Phi) is 8.75. The fraction of sp³-hybridized carbons (Fsp3) is 0.185. The number of nitrogens with one attached hydrogen (secondary N) is 1. The van der Waals surface area contributed by atoms with Gasteiger partial charge in [-0.1, -0.05) is 29.8 Å². The summed E-state index contributed by atoms with van der Waals surface area (Å²) in [7, 11) is 3.17. The number of carbonyl (C=O) groups excluding carboxylic acids is 1. The number of benzene rings is 3. The molecule has 0 aliphatic rings. The van der Waals surface area contributed by atoms with Crippen LogP contribution in [0.5, 0.6) is 11.5 Å². The third-order valence-corrected chi connectivity index (χ3v) is 4.94. The third kappa shape index (κ3) is 7.25. The fourth-order valence-electron chi connectivity index (χ4n) is 3.11. The molecule has 0 radical (unpaired) electrons. The molecule has 0 saturated heterocycles. The van der Waals surface area contributed by atoms with E-state index in [0.29, 0.717) is 38.9 Å². The van der Waals surface area contributed by atoms with Crippen LogP contribution in [0.2, 0.25) is 5.02 Å². The number of rotatable bonds is 5. The molecule has 0 bridgehead atoms. The van der Waals surface area contributed by atoms with Gasteiger partial charge in [-0.25, -0.2) is 4.79 Å². The van der Waals surface area contributed by atoms with Crippen molar-refractivity contribution in [3.63, 3.8) is 0 Å². The van der Waals surface area contributed by atoms with Gasteiger partial charge in [-0.2, -0.15) is 0 Å². The van der Waals surface area contributed by atoms with Gasteiger partial charge < -0.3 is 18.6 Å². The number of hydrogen-bond donors (Lipinski definition) is 1. The standard InChI is InChI=1S/C17H14O4.C10H12ClNO2/c1-19-12-5-3-4-11(8-12)16-10-15(18)14-7-6-13(20-2)9-17(14)21-16;1-7(2)14-10(13)12-9-5-3-4-8(11)6-9/h3-10H,1-2H3;3-7H,1-2H3,(H,12,13). The van der Waals surface area contributed by atoms with Gasteiger partial charge in [0.05, 0.1) is 25.7 Å². The zero-order chi connectivity index (χ0) is 25.4. The lowest BCUT2D eigenvalue weighted by Crippen LogP contribution is -2.17. The van der Waals surface area contributed by atoms with Crippen molar-refractivity contribution >= 4 is 34.4 Å².